The largest absolute Gasteiger partial charge is 0.457 e. The Morgan fingerprint density at radius 3 is 2.67 bits per heavy atom. The van der Waals surface area contributed by atoms with Crippen LogP contribution in [0.4, 0.5) is 4.39 Å². The highest BCUT2D eigenvalue weighted by atomic mass is 32.1. The first kappa shape index (κ1) is 12.4. The normalized spacial score (nSPS) is 10.1. The molecule has 1 heterocycles. The van der Waals surface area contributed by atoms with E-state index in [4.69, 9.17) is 22.7 Å². The minimum atomic E-state index is -0.263. The number of pyridine rings is 1. The lowest BCUT2D eigenvalue weighted by molar-refractivity contribution is 0.479. The fourth-order valence-electron chi connectivity index (χ4n) is 1.43. The Morgan fingerprint density at radius 1 is 1.28 bits per heavy atom. The zero-order valence-corrected chi connectivity index (χ0v) is 10.5. The van der Waals surface area contributed by atoms with Crippen LogP contribution in [-0.4, -0.2) is 9.97 Å². The van der Waals surface area contributed by atoms with Crippen LogP contribution in [0, 0.1) is 12.7 Å². The maximum atomic E-state index is 13.1. The molecule has 0 spiro atoms. The Bertz CT molecular complexity index is 601. The number of aryl methyl sites for hydroxylation is 1. The molecule has 0 aliphatic heterocycles. The standard InChI is InChI=1S/C13H11FN2OS/c1-8-6-9(2-3-11(8)14)17-10-4-5-16-12(7-10)13(15)18/h2-7H,1H3,(H2,15,18). The molecular weight excluding hydrogens is 251 g/mol. The third-order valence-corrected chi connectivity index (χ3v) is 2.56. The van der Waals surface area contributed by atoms with Gasteiger partial charge in [0.25, 0.3) is 0 Å². The molecule has 1 aromatic heterocycles. The van der Waals surface area contributed by atoms with Gasteiger partial charge < -0.3 is 10.5 Å². The van der Waals surface area contributed by atoms with Gasteiger partial charge in [0.05, 0.1) is 0 Å². The molecule has 3 nitrogen and oxygen atoms in total. The molecule has 0 unspecified atom stereocenters. The van der Waals surface area contributed by atoms with Crippen molar-refractivity contribution in [2.75, 3.05) is 0 Å². The molecule has 2 aromatic rings. The Morgan fingerprint density at radius 2 is 2.00 bits per heavy atom. The summed E-state index contributed by atoms with van der Waals surface area (Å²) in [5.41, 5.74) is 6.50. The van der Waals surface area contributed by atoms with Gasteiger partial charge in [-0.1, -0.05) is 12.2 Å². The van der Waals surface area contributed by atoms with E-state index in [0.717, 1.165) is 0 Å². The van der Waals surface area contributed by atoms with Gasteiger partial charge in [0.2, 0.25) is 0 Å². The molecule has 0 radical (unpaired) electrons. The molecule has 0 atom stereocenters. The summed E-state index contributed by atoms with van der Waals surface area (Å²) in [4.78, 5) is 4.21. The third-order valence-electron chi connectivity index (χ3n) is 2.35. The summed E-state index contributed by atoms with van der Waals surface area (Å²) in [6.07, 6.45) is 1.56. The monoisotopic (exact) mass is 262 g/mol. The quantitative estimate of drug-likeness (QED) is 0.864. The van der Waals surface area contributed by atoms with Crippen molar-refractivity contribution in [3.8, 4) is 11.5 Å². The van der Waals surface area contributed by atoms with Crippen molar-refractivity contribution in [2.24, 2.45) is 5.73 Å². The molecule has 0 saturated carbocycles. The summed E-state index contributed by atoms with van der Waals surface area (Å²) < 4.78 is 18.7. The predicted molar refractivity (Wildman–Crippen MR) is 71.3 cm³/mol. The first-order chi connectivity index (χ1) is 8.56. The molecule has 92 valence electrons. The van der Waals surface area contributed by atoms with Crippen molar-refractivity contribution in [1.82, 2.24) is 4.98 Å². The molecule has 0 aliphatic carbocycles. The first-order valence-electron chi connectivity index (χ1n) is 5.26. The molecular formula is C13H11FN2OS. The van der Waals surface area contributed by atoms with Gasteiger partial charge in [-0.25, -0.2) is 4.39 Å². The van der Waals surface area contributed by atoms with E-state index < -0.39 is 0 Å². The van der Waals surface area contributed by atoms with Gasteiger partial charge >= 0.3 is 0 Å². The molecule has 0 amide bonds. The number of hydrogen-bond acceptors (Lipinski definition) is 3. The second kappa shape index (κ2) is 5.10. The van der Waals surface area contributed by atoms with Crippen molar-refractivity contribution >= 4 is 17.2 Å². The molecule has 1 aromatic carbocycles. The Hall–Kier alpha value is -2.01. The van der Waals surface area contributed by atoms with Gasteiger partial charge in [0.15, 0.2) is 0 Å². The SMILES string of the molecule is Cc1cc(Oc2ccnc(C(N)=S)c2)ccc1F. The summed E-state index contributed by atoms with van der Waals surface area (Å²) in [5, 5.41) is 0. The summed E-state index contributed by atoms with van der Waals surface area (Å²) >= 11 is 4.83. The van der Waals surface area contributed by atoms with E-state index in [2.05, 4.69) is 4.98 Å². The number of benzene rings is 1. The summed E-state index contributed by atoms with van der Waals surface area (Å²) in [6.45, 7) is 1.68. The minimum Gasteiger partial charge on any atom is -0.457 e. The van der Waals surface area contributed by atoms with Crippen LogP contribution in [0.5, 0.6) is 11.5 Å². The molecule has 2 rings (SSSR count). The maximum absolute atomic E-state index is 13.1. The number of rotatable bonds is 3. The Labute approximate surface area is 109 Å². The number of halogens is 1. The summed E-state index contributed by atoms with van der Waals surface area (Å²) in [6, 6.07) is 7.86. The van der Waals surface area contributed by atoms with Crippen LogP contribution >= 0.6 is 12.2 Å². The van der Waals surface area contributed by atoms with E-state index in [-0.39, 0.29) is 10.8 Å². The van der Waals surface area contributed by atoms with Crippen LogP contribution in [0.1, 0.15) is 11.3 Å². The van der Waals surface area contributed by atoms with E-state index in [0.29, 0.717) is 22.8 Å². The third kappa shape index (κ3) is 2.81. The highest BCUT2D eigenvalue weighted by molar-refractivity contribution is 7.80. The van der Waals surface area contributed by atoms with Gasteiger partial charge in [-0.15, -0.1) is 0 Å². The maximum Gasteiger partial charge on any atom is 0.131 e. The molecule has 18 heavy (non-hydrogen) atoms. The molecule has 0 saturated heterocycles. The van der Waals surface area contributed by atoms with Gasteiger partial charge in [0.1, 0.15) is 28.0 Å². The van der Waals surface area contributed by atoms with Crippen LogP contribution in [0.3, 0.4) is 0 Å². The minimum absolute atomic E-state index is 0.204. The summed E-state index contributed by atoms with van der Waals surface area (Å²) in [7, 11) is 0. The molecule has 0 aliphatic rings. The van der Waals surface area contributed by atoms with Crippen LogP contribution < -0.4 is 10.5 Å². The first-order valence-corrected chi connectivity index (χ1v) is 5.67. The molecule has 2 N–H and O–H groups in total. The van der Waals surface area contributed by atoms with E-state index in [1.54, 1.807) is 37.4 Å². The average molecular weight is 262 g/mol. The molecule has 0 bridgehead atoms. The van der Waals surface area contributed by atoms with E-state index in [9.17, 15) is 4.39 Å². The fraction of sp³-hybridized carbons (Fsp3) is 0.0769. The Balaban J connectivity index is 2.25. The van der Waals surface area contributed by atoms with Crippen molar-refractivity contribution in [1.29, 1.82) is 0 Å². The summed E-state index contributed by atoms with van der Waals surface area (Å²) in [5.74, 6) is 0.841. The van der Waals surface area contributed by atoms with E-state index >= 15 is 0 Å². The number of nitrogens with two attached hydrogens (primary N) is 1. The number of ether oxygens (including phenoxy) is 1. The smallest absolute Gasteiger partial charge is 0.131 e. The van der Waals surface area contributed by atoms with Crippen LogP contribution in [0.15, 0.2) is 36.5 Å². The number of aromatic nitrogens is 1. The topological polar surface area (TPSA) is 48.1 Å². The lowest BCUT2D eigenvalue weighted by atomic mass is 10.2. The van der Waals surface area contributed by atoms with E-state index in [1.165, 1.54) is 6.07 Å². The highest BCUT2D eigenvalue weighted by Crippen LogP contribution is 2.23. The predicted octanol–water partition coefficient (Wildman–Crippen LogP) is 2.96. The van der Waals surface area contributed by atoms with Gasteiger partial charge in [-0.2, -0.15) is 0 Å². The zero-order valence-electron chi connectivity index (χ0n) is 9.68. The van der Waals surface area contributed by atoms with Crippen LogP contribution in [0.25, 0.3) is 0 Å². The fourth-order valence-corrected chi connectivity index (χ4v) is 1.54. The van der Waals surface area contributed by atoms with Gasteiger partial charge in [-0.3, -0.25) is 4.98 Å². The highest BCUT2D eigenvalue weighted by Gasteiger charge is 2.04. The van der Waals surface area contributed by atoms with Crippen LogP contribution in [0.2, 0.25) is 0 Å². The van der Waals surface area contributed by atoms with Gasteiger partial charge in [-0.05, 0) is 36.8 Å². The molecule has 0 fully saturated rings. The van der Waals surface area contributed by atoms with Crippen molar-refractivity contribution in [3.05, 3.63) is 53.6 Å². The molecule has 5 heteroatoms. The van der Waals surface area contributed by atoms with Gasteiger partial charge in [0, 0.05) is 12.3 Å². The van der Waals surface area contributed by atoms with Crippen molar-refractivity contribution in [3.63, 3.8) is 0 Å². The average Bonchev–Trinajstić information content (AvgIpc) is 2.34. The number of nitrogens with zero attached hydrogens (tertiary/aromatic N) is 1. The second-order valence-electron chi connectivity index (χ2n) is 3.75. The second-order valence-corrected chi connectivity index (χ2v) is 4.19. The van der Waals surface area contributed by atoms with Crippen molar-refractivity contribution in [2.45, 2.75) is 6.92 Å². The zero-order chi connectivity index (χ0) is 13.1. The van der Waals surface area contributed by atoms with E-state index in [1.807, 2.05) is 0 Å². The van der Waals surface area contributed by atoms with Crippen molar-refractivity contribution < 1.29 is 9.13 Å². The Kier molecular flexibility index (Phi) is 3.53. The lowest BCUT2D eigenvalue weighted by Crippen LogP contribution is -2.11. The van der Waals surface area contributed by atoms with Crippen LogP contribution in [-0.2, 0) is 0 Å². The number of hydrogen-bond donors (Lipinski definition) is 1. The number of thiocarbonyl (C=S) groups is 1. The lowest BCUT2D eigenvalue weighted by Gasteiger charge is -2.07.